The molecule has 1 unspecified atom stereocenters. The van der Waals surface area contributed by atoms with Crippen molar-refractivity contribution in [3.05, 3.63) is 65.7 Å². The Morgan fingerprint density at radius 1 is 1.07 bits per heavy atom. The van der Waals surface area contributed by atoms with Crippen LogP contribution in [-0.4, -0.2) is 30.0 Å². The third kappa shape index (κ3) is 4.49. The number of amides is 1. The molecule has 0 aromatic heterocycles. The molecule has 3 rings (SSSR count). The number of rotatable bonds is 5. The van der Waals surface area contributed by atoms with Gasteiger partial charge in [0.2, 0.25) is 0 Å². The van der Waals surface area contributed by atoms with Crippen LogP contribution >= 0.6 is 0 Å². The molecule has 1 aliphatic rings. The van der Waals surface area contributed by atoms with Crippen LogP contribution in [0.4, 0.5) is 0 Å². The Bertz CT molecular complexity index is 803. The van der Waals surface area contributed by atoms with Crippen LogP contribution in [0.2, 0.25) is 0 Å². The molecule has 4 nitrogen and oxygen atoms in total. The summed E-state index contributed by atoms with van der Waals surface area (Å²) in [6.45, 7) is 5.44. The SMILES string of the molecule is CC(C)C(Oc1ccccc1C#N)C(=O)N1CCC(c2ccccc2)CC1. The predicted molar refractivity (Wildman–Crippen MR) is 105 cm³/mol. The predicted octanol–water partition coefficient (Wildman–Crippen LogP) is 4.37. The van der Waals surface area contributed by atoms with Crippen LogP contribution in [0.5, 0.6) is 5.75 Å². The van der Waals surface area contributed by atoms with Crippen molar-refractivity contribution in [1.29, 1.82) is 5.26 Å². The maximum absolute atomic E-state index is 13.1. The topological polar surface area (TPSA) is 53.3 Å². The van der Waals surface area contributed by atoms with E-state index in [0.717, 1.165) is 25.9 Å². The Kier molecular flexibility index (Phi) is 6.13. The van der Waals surface area contributed by atoms with Gasteiger partial charge in [0.25, 0.3) is 5.91 Å². The minimum Gasteiger partial charge on any atom is -0.479 e. The van der Waals surface area contributed by atoms with E-state index in [0.29, 0.717) is 17.2 Å². The number of piperidine rings is 1. The fourth-order valence-corrected chi connectivity index (χ4v) is 3.61. The Balaban J connectivity index is 1.67. The molecule has 27 heavy (non-hydrogen) atoms. The maximum atomic E-state index is 13.1. The van der Waals surface area contributed by atoms with Gasteiger partial charge in [0.15, 0.2) is 6.10 Å². The van der Waals surface area contributed by atoms with E-state index in [9.17, 15) is 10.1 Å². The first-order valence-electron chi connectivity index (χ1n) is 9.59. The highest BCUT2D eigenvalue weighted by Gasteiger charge is 2.32. The minimum absolute atomic E-state index is 0.0178. The normalized spacial score (nSPS) is 16.0. The molecule has 0 saturated carbocycles. The van der Waals surface area contributed by atoms with E-state index in [2.05, 4.69) is 30.3 Å². The zero-order chi connectivity index (χ0) is 19.2. The molecule has 0 aliphatic carbocycles. The second-order valence-corrected chi connectivity index (χ2v) is 7.40. The van der Waals surface area contributed by atoms with Crippen LogP contribution in [-0.2, 0) is 4.79 Å². The number of nitriles is 1. The highest BCUT2D eigenvalue weighted by Crippen LogP contribution is 2.29. The molecular formula is C23H26N2O2. The average Bonchev–Trinajstić information content (AvgIpc) is 2.72. The van der Waals surface area contributed by atoms with E-state index >= 15 is 0 Å². The van der Waals surface area contributed by atoms with Crippen molar-refractivity contribution in [3.8, 4) is 11.8 Å². The van der Waals surface area contributed by atoms with Crippen molar-refractivity contribution in [2.24, 2.45) is 5.92 Å². The molecule has 2 aromatic rings. The summed E-state index contributed by atoms with van der Waals surface area (Å²) in [5.74, 6) is 1.03. The quantitative estimate of drug-likeness (QED) is 0.794. The summed E-state index contributed by atoms with van der Waals surface area (Å²) in [6.07, 6.45) is 1.36. The van der Waals surface area contributed by atoms with Gasteiger partial charge in [-0.25, -0.2) is 0 Å². The maximum Gasteiger partial charge on any atom is 0.263 e. The molecule has 1 aliphatic heterocycles. The van der Waals surface area contributed by atoms with Gasteiger partial charge in [0.05, 0.1) is 5.56 Å². The van der Waals surface area contributed by atoms with E-state index < -0.39 is 6.10 Å². The van der Waals surface area contributed by atoms with Crippen LogP contribution < -0.4 is 4.74 Å². The summed E-state index contributed by atoms with van der Waals surface area (Å²) in [4.78, 5) is 15.0. The molecule has 1 heterocycles. The number of nitrogens with zero attached hydrogens (tertiary/aromatic N) is 2. The van der Waals surface area contributed by atoms with Crippen LogP contribution in [0.3, 0.4) is 0 Å². The molecule has 1 amide bonds. The van der Waals surface area contributed by atoms with E-state index in [1.807, 2.05) is 30.9 Å². The van der Waals surface area contributed by atoms with Gasteiger partial charge >= 0.3 is 0 Å². The fraction of sp³-hybridized carbons (Fsp3) is 0.391. The molecule has 4 heteroatoms. The zero-order valence-electron chi connectivity index (χ0n) is 16.0. The summed E-state index contributed by atoms with van der Waals surface area (Å²) >= 11 is 0. The number of ether oxygens (including phenoxy) is 1. The monoisotopic (exact) mass is 362 g/mol. The van der Waals surface area contributed by atoms with Crippen molar-refractivity contribution in [2.75, 3.05) is 13.1 Å². The number of hydrogen-bond donors (Lipinski definition) is 0. The van der Waals surface area contributed by atoms with Crippen molar-refractivity contribution >= 4 is 5.91 Å². The molecule has 0 N–H and O–H groups in total. The molecule has 1 fully saturated rings. The Labute approximate surface area is 161 Å². The summed E-state index contributed by atoms with van der Waals surface area (Å²) in [6, 6.07) is 19.7. The smallest absolute Gasteiger partial charge is 0.263 e. The highest BCUT2D eigenvalue weighted by atomic mass is 16.5. The Morgan fingerprint density at radius 2 is 1.70 bits per heavy atom. The first-order valence-corrected chi connectivity index (χ1v) is 9.59. The van der Waals surface area contributed by atoms with Gasteiger partial charge in [-0.15, -0.1) is 0 Å². The second kappa shape index (κ2) is 8.73. The standard InChI is InChI=1S/C23H26N2O2/c1-17(2)22(27-21-11-7-6-10-20(21)16-24)23(26)25-14-12-19(13-15-25)18-8-4-3-5-9-18/h3-11,17,19,22H,12-15H2,1-2H3. The van der Waals surface area contributed by atoms with Crippen molar-refractivity contribution < 1.29 is 9.53 Å². The van der Waals surface area contributed by atoms with E-state index in [-0.39, 0.29) is 11.8 Å². The number of likely N-dealkylation sites (tertiary alicyclic amines) is 1. The van der Waals surface area contributed by atoms with Crippen molar-refractivity contribution in [3.63, 3.8) is 0 Å². The first kappa shape index (κ1) is 19.0. The van der Waals surface area contributed by atoms with Gasteiger partial charge < -0.3 is 9.64 Å². The summed E-state index contributed by atoms with van der Waals surface area (Å²) in [5, 5.41) is 9.27. The van der Waals surface area contributed by atoms with Gasteiger partial charge in [-0.1, -0.05) is 56.3 Å². The van der Waals surface area contributed by atoms with Crippen LogP contribution in [0.15, 0.2) is 54.6 Å². The lowest BCUT2D eigenvalue weighted by Crippen LogP contribution is -2.47. The van der Waals surface area contributed by atoms with E-state index in [4.69, 9.17) is 4.74 Å². The van der Waals surface area contributed by atoms with Crippen LogP contribution in [0.1, 0.15) is 43.7 Å². The molecule has 0 bridgehead atoms. The summed E-state index contributed by atoms with van der Waals surface area (Å²) < 4.78 is 6.01. The highest BCUT2D eigenvalue weighted by molar-refractivity contribution is 5.81. The first-order chi connectivity index (χ1) is 13.1. The van der Waals surface area contributed by atoms with Crippen LogP contribution in [0, 0.1) is 17.2 Å². The van der Waals surface area contributed by atoms with Gasteiger partial charge in [-0.05, 0) is 42.4 Å². The summed E-state index contributed by atoms with van der Waals surface area (Å²) in [5.41, 5.74) is 1.81. The van der Waals surface area contributed by atoms with Crippen molar-refractivity contribution in [2.45, 2.75) is 38.7 Å². The largest absolute Gasteiger partial charge is 0.479 e. The average molecular weight is 362 g/mol. The lowest BCUT2D eigenvalue weighted by atomic mass is 9.89. The molecule has 0 radical (unpaired) electrons. The van der Waals surface area contributed by atoms with Gasteiger partial charge in [-0.2, -0.15) is 5.26 Å². The molecule has 140 valence electrons. The number of para-hydroxylation sites is 1. The van der Waals surface area contributed by atoms with Gasteiger partial charge in [-0.3, -0.25) is 4.79 Å². The zero-order valence-corrected chi connectivity index (χ0v) is 16.0. The van der Waals surface area contributed by atoms with E-state index in [1.54, 1.807) is 18.2 Å². The third-order valence-corrected chi connectivity index (χ3v) is 5.19. The molecule has 0 spiro atoms. The number of carbonyl (C=O) groups excluding carboxylic acids is 1. The fourth-order valence-electron chi connectivity index (χ4n) is 3.61. The Morgan fingerprint density at radius 3 is 2.33 bits per heavy atom. The van der Waals surface area contributed by atoms with Crippen molar-refractivity contribution in [1.82, 2.24) is 4.90 Å². The molecule has 2 aromatic carbocycles. The minimum atomic E-state index is -0.576. The van der Waals surface area contributed by atoms with Gasteiger partial charge in [0.1, 0.15) is 11.8 Å². The lowest BCUT2D eigenvalue weighted by Gasteiger charge is -2.35. The number of hydrogen-bond acceptors (Lipinski definition) is 3. The third-order valence-electron chi connectivity index (χ3n) is 5.19. The number of benzene rings is 2. The summed E-state index contributed by atoms with van der Waals surface area (Å²) in [7, 11) is 0. The Hall–Kier alpha value is -2.80. The molecule has 1 atom stereocenters. The van der Waals surface area contributed by atoms with Crippen LogP contribution in [0.25, 0.3) is 0 Å². The lowest BCUT2D eigenvalue weighted by molar-refractivity contribution is -0.141. The number of carbonyl (C=O) groups is 1. The molecular weight excluding hydrogens is 336 g/mol. The van der Waals surface area contributed by atoms with Gasteiger partial charge in [0, 0.05) is 13.1 Å². The second-order valence-electron chi connectivity index (χ2n) is 7.40. The molecule has 1 saturated heterocycles. The van der Waals surface area contributed by atoms with E-state index in [1.165, 1.54) is 5.56 Å².